The molecule has 1 aromatic rings. The maximum Gasteiger partial charge on any atom is 0.528 e. The van der Waals surface area contributed by atoms with Gasteiger partial charge in [-0.2, -0.15) is 10.5 Å². The molecular weight excluding hydrogens is 144 g/mol. The molecule has 6 heteroatoms. The third kappa shape index (κ3) is 0.983. The van der Waals surface area contributed by atoms with Crippen LogP contribution >= 0.6 is 0 Å². The van der Waals surface area contributed by atoms with Gasteiger partial charge in [-0.1, -0.05) is 0 Å². The van der Waals surface area contributed by atoms with Crippen molar-refractivity contribution in [2.45, 2.75) is 0 Å². The Morgan fingerprint density at radius 2 is 2.09 bits per heavy atom. The molecule has 0 bridgehead atoms. The summed E-state index contributed by atoms with van der Waals surface area (Å²) in [5, 5.41) is 24.9. The van der Waals surface area contributed by atoms with Gasteiger partial charge >= 0.3 is 5.95 Å². The SMILES string of the molecule is N#Cc1nc([N+]#N)[nH]c1C#N. The number of imidazole rings is 1. The molecule has 0 spiro atoms. The van der Waals surface area contributed by atoms with Crippen LogP contribution in [-0.4, -0.2) is 9.97 Å². The monoisotopic (exact) mass is 145 g/mol. The molecule has 0 radical (unpaired) electrons. The van der Waals surface area contributed by atoms with E-state index in [0.717, 1.165) is 0 Å². The average Bonchev–Trinajstić information content (AvgIpc) is 2.46. The van der Waals surface area contributed by atoms with Crippen LogP contribution < -0.4 is 0 Å². The fourth-order valence-electron chi connectivity index (χ4n) is 0.570. The highest BCUT2D eigenvalue weighted by atomic mass is 15.1. The second kappa shape index (κ2) is 2.47. The number of hydrogen-bond donors (Lipinski definition) is 1. The zero-order valence-corrected chi connectivity index (χ0v) is 5.24. The van der Waals surface area contributed by atoms with Gasteiger partial charge in [0.2, 0.25) is 5.69 Å². The molecule has 1 aromatic heterocycles. The van der Waals surface area contributed by atoms with Crippen molar-refractivity contribution in [3.05, 3.63) is 16.4 Å². The second-order valence-electron chi connectivity index (χ2n) is 1.61. The number of H-pyrrole nitrogens is 1. The van der Waals surface area contributed by atoms with Crippen molar-refractivity contribution in [1.29, 1.82) is 15.9 Å². The minimum Gasteiger partial charge on any atom is -0.212 e. The minimum atomic E-state index is -0.141. The molecule has 1 N–H and O–H groups in total. The Balaban J connectivity index is 3.32. The molecule has 0 aliphatic carbocycles. The fraction of sp³-hybridized carbons (Fsp3) is 0. The average molecular weight is 145 g/mol. The van der Waals surface area contributed by atoms with Crippen LogP contribution in [0.1, 0.15) is 11.4 Å². The van der Waals surface area contributed by atoms with Gasteiger partial charge in [-0.15, -0.1) is 0 Å². The molecule has 0 amide bonds. The number of diazo groups is 1. The van der Waals surface area contributed by atoms with Gasteiger partial charge in [0, 0.05) is 0 Å². The van der Waals surface area contributed by atoms with E-state index in [2.05, 4.69) is 14.9 Å². The first kappa shape index (κ1) is 6.73. The van der Waals surface area contributed by atoms with Crippen molar-refractivity contribution >= 4 is 5.95 Å². The quantitative estimate of drug-likeness (QED) is 0.540. The predicted octanol–water partition coefficient (Wildman–Crippen LogP) is 0.638. The van der Waals surface area contributed by atoms with Crippen LogP contribution in [0.2, 0.25) is 0 Å². The number of rotatable bonds is 0. The Bertz CT molecular complexity index is 363. The summed E-state index contributed by atoms with van der Waals surface area (Å²) in [5.74, 6) is -0.141. The summed E-state index contributed by atoms with van der Waals surface area (Å²) in [6.07, 6.45) is 0. The van der Waals surface area contributed by atoms with Crippen molar-refractivity contribution in [3.63, 3.8) is 0 Å². The van der Waals surface area contributed by atoms with Gasteiger partial charge in [-0.05, 0) is 9.96 Å². The molecule has 0 fully saturated rings. The molecule has 0 aliphatic heterocycles. The van der Waals surface area contributed by atoms with Crippen molar-refractivity contribution in [2.24, 2.45) is 0 Å². The highest BCUT2D eigenvalue weighted by Crippen LogP contribution is 2.09. The topological polar surface area (TPSA) is 104 Å². The smallest absolute Gasteiger partial charge is 0.212 e. The number of nitriles is 2. The summed E-state index contributed by atoms with van der Waals surface area (Å²) >= 11 is 0. The van der Waals surface area contributed by atoms with Gasteiger partial charge in [-0.3, -0.25) is 0 Å². The number of nitrogens with zero attached hydrogens (tertiary/aromatic N) is 5. The van der Waals surface area contributed by atoms with E-state index >= 15 is 0 Å². The van der Waals surface area contributed by atoms with Gasteiger partial charge in [-0.25, -0.2) is 4.98 Å². The van der Waals surface area contributed by atoms with E-state index < -0.39 is 0 Å². The molecular formula is C5HN6+. The van der Waals surface area contributed by atoms with Crippen LogP contribution in [0.25, 0.3) is 4.98 Å². The lowest BCUT2D eigenvalue weighted by Gasteiger charge is -1.65. The van der Waals surface area contributed by atoms with Gasteiger partial charge in [0.05, 0.1) is 5.39 Å². The van der Waals surface area contributed by atoms with Crippen LogP contribution in [-0.2, 0) is 0 Å². The molecule has 6 nitrogen and oxygen atoms in total. The zero-order chi connectivity index (χ0) is 8.27. The van der Waals surface area contributed by atoms with E-state index in [9.17, 15) is 0 Å². The number of aromatic nitrogens is 2. The molecule has 0 atom stereocenters. The largest absolute Gasteiger partial charge is 0.528 e. The molecule has 0 unspecified atom stereocenters. The van der Waals surface area contributed by atoms with Gasteiger partial charge in [0.25, 0.3) is 5.69 Å². The Morgan fingerprint density at radius 3 is 2.45 bits per heavy atom. The van der Waals surface area contributed by atoms with Crippen LogP contribution in [0.4, 0.5) is 5.95 Å². The third-order valence-corrected chi connectivity index (χ3v) is 1.00. The first-order valence-corrected chi connectivity index (χ1v) is 2.57. The van der Waals surface area contributed by atoms with E-state index in [0.29, 0.717) is 0 Å². The molecule has 1 heterocycles. The van der Waals surface area contributed by atoms with E-state index in [4.69, 9.17) is 15.9 Å². The van der Waals surface area contributed by atoms with Crippen molar-refractivity contribution in [3.8, 4) is 12.1 Å². The highest BCUT2D eigenvalue weighted by Gasteiger charge is 2.18. The number of nitrogens with one attached hydrogen (secondary N) is 1. The van der Waals surface area contributed by atoms with Gasteiger partial charge in [0.15, 0.2) is 0 Å². The number of aromatic amines is 1. The van der Waals surface area contributed by atoms with Gasteiger partial charge in [0.1, 0.15) is 12.1 Å². The zero-order valence-electron chi connectivity index (χ0n) is 5.24. The molecule has 1 rings (SSSR count). The summed E-state index contributed by atoms with van der Waals surface area (Å²) in [6.45, 7) is 0. The maximum atomic E-state index is 8.36. The standard InChI is InChI=1S/C5HN6/c6-1-3-4(2-7)10-5(9-3)11-8/h(H,9,10)/q+1. The van der Waals surface area contributed by atoms with E-state index in [1.165, 1.54) is 0 Å². The van der Waals surface area contributed by atoms with Crippen molar-refractivity contribution in [2.75, 3.05) is 0 Å². The third-order valence-electron chi connectivity index (χ3n) is 1.00. The normalized spacial score (nSPS) is 7.73. The first-order chi connectivity index (χ1) is 5.31. The lowest BCUT2D eigenvalue weighted by atomic mass is 10.4. The maximum absolute atomic E-state index is 8.36. The summed E-state index contributed by atoms with van der Waals surface area (Å²) in [7, 11) is 0. The summed E-state index contributed by atoms with van der Waals surface area (Å²) in [4.78, 5) is 8.46. The van der Waals surface area contributed by atoms with E-state index in [1.54, 1.807) is 12.1 Å². The lowest BCUT2D eigenvalue weighted by molar-refractivity contribution is 1.28. The van der Waals surface area contributed by atoms with Crippen molar-refractivity contribution < 1.29 is 0 Å². The van der Waals surface area contributed by atoms with Gasteiger partial charge < -0.3 is 0 Å². The predicted molar refractivity (Wildman–Crippen MR) is 32.8 cm³/mol. The first-order valence-electron chi connectivity index (χ1n) is 2.57. The molecule has 0 aliphatic rings. The lowest BCUT2D eigenvalue weighted by Crippen LogP contribution is -1.77. The van der Waals surface area contributed by atoms with Crippen LogP contribution in [0.3, 0.4) is 0 Å². The minimum absolute atomic E-state index is 0.000278. The molecule has 0 saturated heterocycles. The summed E-state index contributed by atoms with van der Waals surface area (Å²) < 4.78 is 0. The molecule has 11 heavy (non-hydrogen) atoms. The Hall–Kier alpha value is -2.39. The highest BCUT2D eigenvalue weighted by molar-refractivity contribution is 5.43. The Labute approximate surface area is 61.3 Å². The fourth-order valence-corrected chi connectivity index (χ4v) is 0.570. The van der Waals surface area contributed by atoms with Crippen molar-refractivity contribution in [1.82, 2.24) is 9.97 Å². The Kier molecular flexibility index (Phi) is 1.51. The number of hydrogen-bond acceptors (Lipinski definition) is 4. The van der Waals surface area contributed by atoms with E-state index in [1.807, 2.05) is 0 Å². The van der Waals surface area contributed by atoms with E-state index in [-0.39, 0.29) is 17.3 Å². The van der Waals surface area contributed by atoms with Crippen LogP contribution in [0.15, 0.2) is 0 Å². The Morgan fingerprint density at radius 1 is 1.36 bits per heavy atom. The molecule has 0 saturated carbocycles. The summed E-state index contributed by atoms with van der Waals surface area (Å²) in [5.41, 5.74) is -0.0689. The molecule has 0 aromatic carbocycles. The van der Waals surface area contributed by atoms with Crippen LogP contribution in [0.5, 0.6) is 0 Å². The van der Waals surface area contributed by atoms with Crippen LogP contribution in [0, 0.1) is 28.1 Å². The summed E-state index contributed by atoms with van der Waals surface area (Å²) in [6, 6.07) is 3.35. The molecule has 50 valence electrons. The second-order valence-corrected chi connectivity index (χ2v) is 1.61.